The summed E-state index contributed by atoms with van der Waals surface area (Å²) in [5, 5.41) is 5.62. The van der Waals surface area contributed by atoms with Crippen molar-refractivity contribution in [1.82, 2.24) is 5.32 Å². The SMILES string of the molecule is O=C(COc1ccc(F)cc1)NCc1cccc(NC(=O)C2CC2)c1. The average molecular weight is 342 g/mol. The van der Waals surface area contributed by atoms with Crippen molar-refractivity contribution in [2.45, 2.75) is 19.4 Å². The number of anilines is 1. The van der Waals surface area contributed by atoms with Crippen molar-refractivity contribution in [3.05, 3.63) is 59.9 Å². The summed E-state index contributed by atoms with van der Waals surface area (Å²) in [4.78, 5) is 23.6. The number of hydrogen-bond donors (Lipinski definition) is 2. The van der Waals surface area contributed by atoms with E-state index < -0.39 is 0 Å². The lowest BCUT2D eigenvalue weighted by Gasteiger charge is -2.09. The monoisotopic (exact) mass is 342 g/mol. The van der Waals surface area contributed by atoms with E-state index >= 15 is 0 Å². The second-order valence-electron chi connectivity index (χ2n) is 5.98. The third-order valence-electron chi connectivity index (χ3n) is 3.82. The Hall–Kier alpha value is -2.89. The molecule has 2 amide bonds. The first-order valence-electron chi connectivity index (χ1n) is 8.15. The molecule has 2 aromatic carbocycles. The number of nitrogens with one attached hydrogen (secondary N) is 2. The van der Waals surface area contributed by atoms with E-state index in [1.54, 1.807) is 0 Å². The number of rotatable bonds is 7. The van der Waals surface area contributed by atoms with Gasteiger partial charge in [-0.05, 0) is 54.8 Å². The Bertz CT molecular complexity index is 758. The van der Waals surface area contributed by atoms with Gasteiger partial charge in [0, 0.05) is 18.2 Å². The van der Waals surface area contributed by atoms with Gasteiger partial charge in [0.1, 0.15) is 11.6 Å². The van der Waals surface area contributed by atoms with Gasteiger partial charge in [0.05, 0.1) is 0 Å². The third-order valence-corrected chi connectivity index (χ3v) is 3.82. The standard InChI is InChI=1S/C19H19FN2O3/c20-15-6-8-17(9-7-15)25-12-18(23)21-11-13-2-1-3-16(10-13)22-19(24)14-4-5-14/h1-3,6-10,14H,4-5,11-12H2,(H,21,23)(H,22,24). The number of benzene rings is 2. The third kappa shape index (κ3) is 5.31. The van der Waals surface area contributed by atoms with Crippen LogP contribution in [0.2, 0.25) is 0 Å². The molecule has 0 heterocycles. The van der Waals surface area contributed by atoms with Gasteiger partial charge >= 0.3 is 0 Å². The first kappa shape index (κ1) is 17.0. The quantitative estimate of drug-likeness (QED) is 0.813. The minimum atomic E-state index is -0.356. The Labute approximate surface area is 145 Å². The van der Waals surface area contributed by atoms with E-state index in [4.69, 9.17) is 4.74 Å². The van der Waals surface area contributed by atoms with Crippen LogP contribution in [0.3, 0.4) is 0 Å². The molecule has 6 heteroatoms. The lowest BCUT2D eigenvalue weighted by Crippen LogP contribution is -2.28. The molecule has 1 aliphatic rings. The smallest absolute Gasteiger partial charge is 0.258 e. The van der Waals surface area contributed by atoms with Crippen molar-refractivity contribution in [1.29, 1.82) is 0 Å². The second-order valence-corrected chi connectivity index (χ2v) is 5.98. The van der Waals surface area contributed by atoms with E-state index in [2.05, 4.69) is 10.6 Å². The van der Waals surface area contributed by atoms with Crippen LogP contribution in [-0.2, 0) is 16.1 Å². The highest BCUT2D eigenvalue weighted by atomic mass is 19.1. The highest BCUT2D eigenvalue weighted by Crippen LogP contribution is 2.30. The molecule has 0 atom stereocenters. The maximum Gasteiger partial charge on any atom is 0.258 e. The summed E-state index contributed by atoms with van der Waals surface area (Å²) >= 11 is 0. The number of carbonyl (C=O) groups is 2. The van der Waals surface area contributed by atoms with Gasteiger partial charge in [0.15, 0.2) is 6.61 Å². The molecule has 5 nitrogen and oxygen atoms in total. The fraction of sp³-hybridized carbons (Fsp3) is 0.263. The fourth-order valence-electron chi connectivity index (χ4n) is 2.28. The molecule has 3 rings (SSSR count). The van der Waals surface area contributed by atoms with Crippen molar-refractivity contribution in [2.24, 2.45) is 5.92 Å². The first-order valence-corrected chi connectivity index (χ1v) is 8.15. The molecule has 0 aliphatic heterocycles. The summed E-state index contributed by atoms with van der Waals surface area (Å²) in [5.41, 5.74) is 1.61. The number of amides is 2. The normalized spacial score (nSPS) is 13.2. The second kappa shape index (κ2) is 7.79. The van der Waals surface area contributed by atoms with Gasteiger partial charge in [-0.15, -0.1) is 0 Å². The van der Waals surface area contributed by atoms with Crippen molar-refractivity contribution in [2.75, 3.05) is 11.9 Å². The molecule has 25 heavy (non-hydrogen) atoms. The van der Waals surface area contributed by atoms with E-state index in [1.165, 1.54) is 24.3 Å². The van der Waals surface area contributed by atoms with E-state index in [9.17, 15) is 14.0 Å². The Morgan fingerprint density at radius 3 is 2.60 bits per heavy atom. The Morgan fingerprint density at radius 1 is 1.12 bits per heavy atom. The highest BCUT2D eigenvalue weighted by Gasteiger charge is 2.29. The molecular formula is C19H19FN2O3. The zero-order valence-electron chi connectivity index (χ0n) is 13.6. The Balaban J connectivity index is 1.45. The van der Waals surface area contributed by atoms with Crippen molar-refractivity contribution in [3.8, 4) is 5.75 Å². The molecule has 0 spiro atoms. The molecular weight excluding hydrogens is 323 g/mol. The molecule has 0 radical (unpaired) electrons. The van der Waals surface area contributed by atoms with Crippen LogP contribution in [-0.4, -0.2) is 18.4 Å². The van der Waals surface area contributed by atoms with Gasteiger partial charge in [-0.25, -0.2) is 4.39 Å². The van der Waals surface area contributed by atoms with Crippen molar-refractivity contribution >= 4 is 17.5 Å². The van der Waals surface area contributed by atoms with Crippen LogP contribution in [0.25, 0.3) is 0 Å². The van der Waals surface area contributed by atoms with Crippen LogP contribution in [0.4, 0.5) is 10.1 Å². The van der Waals surface area contributed by atoms with Gasteiger partial charge in [-0.2, -0.15) is 0 Å². The zero-order valence-corrected chi connectivity index (χ0v) is 13.6. The molecule has 0 saturated heterocycles. The van der Waals surface area contributed by atoms with Gasteiger partial charge in [-0.3, -0.25) is 9.59 Å². The van der Waals surface area contributed by atoms with E-state index in [1.807, 2.05) is 24.3 Å². The molecule has 2 aromatic rings. The first-order chi connectivity index (χ1) is 12.1. The summed E-state index contributed by atoms with van der Waals surface area (Å²) in [5.74, 6) is -0.00982. The molecule has 1 aliphatic carbocycles. The Morgan fingerprint density at radius 2 is 1.88 bits per heavy atom. The topological polar surface area (TPSA) is 67.4 Å². The molecule has 0 bridgehead atoms. The van der Waals surface area contributed by atoms with Crippen LogP contribution in [0.1, 0.15) is 18.4 Å². The van der Waals surface area contributed by atoms with Gasteiger partial charge in [0.2, 0.25) is 5.91 Å². The maximum atomic E-state index is 12.8. The molecule has 1 fully saturated rings. The van der Waals surface area contributed by atoms with Crippen molar-refractivity contribution in [3.63, 3.8) is 0 Å². The molecule has 0 unspecified atom stereocenters. The predicted molar refractivity (Wildman–Crippen MR) is 91.5 cm³/mol. The molecule has 130 valence electrons. The summed E-state index contributed by atoms with van der Waals surface area (Å²) in [6, 6.07) is 12.8. The summed E-state index contributed by atoms with van der Waals surface area (Å²) < 4.78 is 18.1. The van der Waals surface area contributed by atoms with Crippen molar-refractivity contribution < 1.29 is 18.7 Å². The van der Waals surface area contributed by atoms with E-state index in [0.29, 0.717) is 12.3 Å². The van der Waals surface area contributed by atoms with E-state index in [-0.39, 0.29) is 30.2 Å². The van der Waals surface area contributed by atoms with Crippen LogP contribution < -0.4 is 15.4 Å². The van der Waals surface area contributed by atoms with E-state index in [0.717, 1.165) is 24.1 Å². The minimum absolute atomic E-state index is 0.0499. The highest BCUT2D eigenvalue weighted by molar-refractivity contribution is 5.94. The summed E-state index contributed by atoms with van der Waals surface area (Å²) in [6.07, 6.45) is 1.91. The Kier molecular flexibility index (Phi) is 5.28. The van der Waals surface area contributed by atoms with Crippen LogP contribution in [0.5, 0.6) is 5.75 Å². The number of halogens is 1. The lowest BCUT2D eigenvalue weighted by atomic mass is 10.2. The van der Waals surface area contributed by atoms with Gasteiger partial charge in [-0.1, -0.05) is 12.1 Å². The fourth-order valence-corrected chi connectivity index (χ4v) is 2.28. The molecule has 2 N–H and O–H groups in total. The number of carbonyl (C=O) groups excluding carboxylic acids is 2. The van der Waals surface area contributed by atoms with Crippen LogP contribution in [0.15, 0.2) is 48.5 Å². The zero-order chi connectivity index (χ0) is 17.6. The lowest BCUT2D eigenvalue weighted by molar-refractivity contribution is -0.123. The summed E-state index contributed by atoms with van der Waals surface area (Å²) in [6.45, 7) is 0.183. The summed E-state index contributed by atoms with van der Waals surface area (Å²) in [7, 11) is 0. The van der Waals surface area contributed by atoms with Crippen LogP contribution in [0, 0.1) is 11.7 Å². The number of ether oxygens (including phenoxy) is 1. The largest absolute Gasteiger partial charge is 0.484 e. The average Bonchev–Trinajstić information content (AvgIpc) is 3.45. The van der Waals surface area contributed by atoms with Crippen LogP contribution >= 0.6 is 0 Å². The minimum Gasteiger partial charge on any atom is -0.484 e. The van der Waals surface area contributed by atoms with Gasteiger partial charge < -0.3 is 15.4 Å². The maximum absolute atomic E-state index is 12.8. The number of hydrogen-bond acceptors (Lipinski definition) is 3. The molecule has 1 saturated carbocycles. The predicted octanol–water partition coefficient (Wildman–Crippen LogP) is 2.87. The van der Waals surface area contributed by atoms with Gasteiger partial charge in [0.25, 0.3) is 5.91 Å². The molecule has 0 aromatic heterocycles.